The van der Waals surface area contributed by atoms with Crippen LogP contribution in [0, 0.1) is 10.1 Å². The molecule has 1 fully saturated rings. The molecule has 0 aliphatic carbocycles. The molecule has 1 aromatic heterocycles. The molecule has 45 heavy (non-hydrogen) atoms. The summed E-state index contributed by atoms with van der Waals surface area (Å²) in [4.78, 5) is 50.5. The third kappa shape index (κ3) is 5.51. The van der Waals surface area contributed by atoms with E-state index in [9.17, 15) is 29.6 Å². The number of carboxylic acid groups (broad SMARTS) is 1. The predicted octanol–water partition coefficient (Wildman–Crippen LogP) is 6.25. The number of nitrogens with one attached hydrogen (secondary N) is 1. The number of anilines is 1. The Kier molecular flexibility index (Phi) is 7.59. The molecule has 0 bridgehead atoms. The van der Waals surface area contributed by atoms with Gasteiger partial charge < -0.3 is 9.67 Å². The molecule has 1 aliphatic heterocycles. The smallest absolute Gasteiger partial charge is 0.335 e. The molecule has 2 N–H and O–H groups in total. The Bertz CT molecular complexity index is 2020. The fourth-order valence-corrected chi connectivity index (χ4v) is 5.43. The minimum Gasteiger partial charge on any atom is -0.478 e. The number of hydrogen-bond acceptors (Lipinski definition) is 6. The number of hydrogen-bond donors (Lipinski definition) is 2. The van der Waals surface area contributed by atoms with Crippen molar-refractivity contribution >= 4 is 52.6 Å². The van der Waals surface area contributed by atoms with Crippen molar-refractivity contribution in [1.29, 1.82) is 0 Å². The number of carbonyl (C=O) groups is 3. The number of aromatic carboxylic acids is 1. The zero-order valence-corrected chi connectivity index (χ0v) is 24.1. The van der Waals surface area contributed by atoms with Crippen molar-refractivity contribution in [3.63, 3.8) is 0 Å². The lowest BCUT2D eigenvalue weighted by Crippen LogP contribution is -2.54. The van der Waals surface area contributed by atoms with Gasteiger partial charge in [-0.1, -0.05) is 60.7 Å². The summed E-state index contributed by atoms with van der Waals surface area (Å²) in [6.07, 6.45) is 1.49. The van der Waals surface area contributed by atoms with E-state index in [4.69, 9.17) is 12.2 Å². The number of nitro benzene ring substituents is 1. The SMILES string of the molecule is O=C1NC(=S)N(c2ccc(C(=O)O)cc2)C(=O)/C1=C\c1cc(-c2ccccc2)n(-c2ccc([N+](=O)[O-])cc2)c1-c1ccccc1. The average molecular weight is 615 g/mol. The van der Waals surface area contributed by atoms with Crippen LogP contribution in [0.5, 0.6) is 0 Å². The first kappa shape index (κ1) is 28.9. The molecule has 2 heterocycles. The zero-order valence-electron chi connectivity index (χ0n) is 23.3. The monoisotopic (exact) mass is 614 g/mol. The van der Waals surface area contributed by atoms with Gasteiger partial charge in [-0.3, -0.25) is 29.9 Å². The molecular weight excluding hydrogens is 592 g/mol. The van der Waals surface area contributed by atoms with Crippen LogP contribution in [0.25, 0.3) is 34.3 Å². The number of benzene rings is 4. The van der Waals surface area contributed by atoms with Gasteiger partial charge in [-0.05, 0) is 71.9 Å². The third-order valence-corrected chi connectivity index (χ3v) is 7.52. The van der Waals surface area contributed by atoms with E-state index in [1.54, 1.807) is 12.1 Å². The largest absolute Gasteiger partial charge is 0.478 e. The van der Waals surface area contributed by atoms with Crippen LogP contribution in [0.2, 0.25) is 0 Å². The van der Waals surface area contributed by atoms with Crippen molar-refractivity contribution in [2.75, 3.05) is 4.90 Å². The number of nitro groups is 1. The van der Waals surface area contributed by atoms with Gasteiger partial charge in [-0.15, -0.1) is 0 Å². The number of non-ortho nitro benzene ring substituents is 1. The van der Waals surface area contributed by atoms with Crippen LogP contribution < -0.4 is 10.2 Å². The molecule has 6 rings (SSSR count). The van der Waals surface area contributed by atoms with E-state index in [0.717, 1.165) is 21.7 Å². The van der Waals surface area contributed by atoms with Gasteiger partial charge in [0.05, 0.1) is 27.6 Å². The maximum absolute atomic E-state index is 13.9. The van der Waals surface area contributed by atoms with Gasteiger partial charge in [0.15, 0.2) is 5.11 Å². The minimum atomic E-state index is -1.12. The molecule has 1 aliphatic rings. The Morgan fingerprint density at radius 3 is 1.98 bits per heavy atom. The zero-order chi connectivity index (χ0) is 31.7. The molecular formula is C34H22N4O6S. The maximum Gasteiger partial charge on any atom is 0.335 e. The number of rotatable bonds is 7. The highest BCUT2D eigenvalue weighted by Crippen LogP contribution is 2.38. The normalized spacial score (nSPS) is 14.0. The van der Waals surface area contributed by atoms with E-state index < -0.39 is 22.7 Å². The molecule has 0 saturated carbocycles. The summed E-state index contributed by atoms with van der Waals surface area (Å²) in [7, 11) is 0. The molecule has 0 radical (unpaired) electrons. The highest BCUT2D eigenvalue weighted by atomic mass is 32.1. The van der Waals surface area contributed by atoms with Crippen molar-refractivity contribution in [3.8, 4) is 28.2 Å². The van der Waals surface area contributed by atoms with Gasteiger partial charge >= 0.3 is 5.97 Å². The predicted molar refractivity (Wildman–Crippen MR) is 173 cm³/mol. The van der Waals surface area contributed by atoms with Gasteiger partial charge in [-0.25, -0.2) is 4.79 Å². The van der Waals surface area contributed by atoms with E-state index in [1.807, 2.05) is 71.3 Å². The number of thiocarbonyl (C=S) groups is 1. The van der Waals surface area contributed by atoms with Crippen molar-refractivity contribution in [2.45, 2.75) is 0 Å². The lowest BCUT2D eigenvalue weighted by Gasteiger charge is -2.29. The second kappa shape index (κ2) is 11.8. The number of amides is 2. The van der Waals surface area contributed by atoms with Crippen molar-refractivity contribution in [3.05, 3.63) is 142 Å². The number of carboxylic acids is 1. The number of nitrogens with zero attached hydrogens (tertiary/aromatic N) is 3. The molecule has 4 aromatic carbocycles. The van der Waals surface area contributed by atoms with Crippen molar-refractivity contribution in [1.82, 2.24) is 9.88 Å². The van der Waals surface area contributed by atoms with Crippen LogP contribution in [-0.2, 0) is 9.59 Å². The van der Waals surface area contributed by atoms with Crippen LogP contribution in [-0.4, -0.2) is 37.5 Å². The maximum atomic E-state index is 13.9. The van der Waals surface area contributed by atoms with Gasteiger partial charge in [0.2, 0.25) is 0 Å². The summed E-state index contributed by atoms with van der Waals surface area (Å²) >= 11 is 5.33. The van der Waals surface area contributed by atoms with Gasteiger partial charge in [0.25, 0.3) is 17.5 Å². The van der Waals surface area contributed by atoms with Crippen molar-refractivity contribution in [2.24, 2.45) is 0 Å². The molecule has 0 unspecified atom stereocenters. The summed E-state index contributed by atoms with van der Waals surface area (Å²) in [6, 6.07) is 32.4. The molecule has 0 spiro atoms. The molecule has 220 valence electrons. The van der Waals surface area contributed by atoms with E-state index in [2.05, 4.69) is 5.32 Å². The van der Waals surface area contributed by atoms with Crippen LogP contribution in [0.3, 0.4) is 0 Å². The minimum absolute atomic E-state index is 0.0301. The highest BCUT2D eigenvalue weighted by molar-refractivity contribution is 7.80. The molecule has 10 nitrogen and oxygen atoms in total. The molecule has 0 atom stereocenters. The first-order valence-corrected chi connectivity index (χ1v) is 14.0. The van der Waals surface area contributed by atoms with Gasteiger partial charge in [0.1, 0.15) is 5.57 Å². The van der Waals surface area contributed by atoms with E-state index in [0.29, 0.717) is 16.9 Å². The Morgan fingerprint density at radius 1 is 0.822 bits per heavy atom. The van der Waals surface area contributed by atoms with Gasteiger partial charge in [0, 0.05) is 23.4 Å². The fraction of sp³-hybridized carbons (Fsp3) is 0. The Morgan fingerprint density at radius 2 is 1.40 bits per heavy atom. The topological polar surface area (TPSA) is 135 Å². The standard InChI is InChI=1S/C34H22N4O6S/c39-31-28(32(40)37(34(45)35-31)26-13-11-23(12-14-26)33(41)42)19-24-20-29(21-7-3-1-4-8-21)36(30(24)22-9-5-2-6-10-22)25-15-17-27(18-16-25)38(43)44/h1-20H,(H,41,42)(H,35,39,45)/b28-19-. The second-order valence-corrected chi connectivity index (χ2v) is 10.4. The summed E-state index contributed by atoms with van der Waals surface area (Å²) < 4.78 is 1.93. The molecule has 2 amide bonds. The Balaban J connectivity index is 1.56. The average Bonchev–Trinajstić information content (AvgIpc) is 3.43. The summed E-state index contributed by atoms with van der Waals surface area (Å²) in [6.45, 7) is 0. The summed E-state index contributed by atoms with van der Waals surface area (Å²) in [5.41, 5.74) is 4.19. The van der Waals surface area contributed by atoms with E-state index in [-0.39, 0.29) is 27.6 Å². The molecule has 11 heteroatoms. The van der Waals surface area contributed by atoms with Crippen LogP contribution in [0.1, 0.15) is 15.9 Å². The first-order chi connectivity index (χ1) is 21.7. The fourth-order valence-electron chi connectivity index (χ4n) is 5.15. The highest BCUT2D eigenvalue weighted by Gasteiger charge is 2.35. The lowest BCUT2D eigenvalue weighted by atomic mass is 10.0. The number of carbonyl (C=O) groups excluding carboxylic acids is 2. The Labute approximate surface area is 261 Å². The molecule has 5 aromatic rings. The van der Waals surface area contributed by atoms with Crippen LogP contribution >= 0.6 is 12.2 Å². The van der Waals surface area contributed by atoms with Crippen LogP contribution in [0.4, 0.5) is 11.4 Å². The molecule has 1 saturated heterocycles. The van der Waals surface area contributed by atoms with Crippen molar-refractivity contribution < 1.29 is 24.4 Å². The summed E-state index contributed by atoms with van der Waals surface area (Å²) in [5.74, 6) is -2.50. The van der Waals surface area contributed by atoms with E-state index >= 15 is 0 Å². The van der Waals surface area contributed by atoms with Crippen LogP contribution in [0.15, 0.2) is 121 Å². The van der Waals surface area contributed by atoms with Gasteiger partial charge in [-0.2, -0.15) is 0 Å². The Hall–Kier alpha value is -6.20. The third-order valence-electron chi connectivity index (χ3n) is 7.24. The number of aromatic nitrogens is 1. The lowest BCUT2D eigenvalue weighted by molar-refractivity contribution is -0.384. The van der Waals surface area contributed by atoms with E-state index in [1.165, 1.54) is 42.5 Å². The first-order valence-electron chi connectivity index (χ1n) is 13.6. The second-order valence-electron chi connectivity index (χ2n) is 9.98. The quantitative estimate of drug-likeness (QED) is 0.0728. The summed E-state index contributed by atoms with van der Waals surface area (Å²) in [5, 5.41) is 23.1.